The maximum Gasteiger partial charge on any atom is 0.265 e. The van der Waals surface area contributed by atoms with Crippen molar-refractivity contribution in [1.29, 1.82) is 5.26 Å². The first-order valence-electron chi connectivity index (χ1n) is 10.2. The normalized spacial score (nSPS) is 15.0. The Morgan fingerprint density at radius 1 is 1.26 bits per heavy atom. The van der Waals surface area contributed by atoms with Gasteiger partial charge in [0.05, 0.1) is 29.0 Å². The fraction of sp³-hybridized carbons (Fsp3) is 0.348. The molecule has 1 saturated heterocycles. The molecule has 0 spiro atoms. The lowest BCUT2D eigenvalue weighted by Gasteiger charge is -2.25. The summed E-state index contributed by atoms with van der Waals surface area (Å²) in [5.41, 5.74) is 2.00. The Hall–Kier alpha value is -3.15. The highest BCUT2D eigenvalue weighted by Crippen LogP contribution is 2.31. The number of aromatic nitrogens is 1. The van der Waals surface area contributed by atoms with E-state index in [0.717, 1.165) is 28.4 Å². The zero-order valence-corrected chi connectivity index (χ0v) is 18.3. The van der Waals surface area contributed by atoms with E-state index < -0.39 is 6.10 Å². The van der Waals surface area contributed by atoms with Crippen LogP contribution in [0.4, 0.5) is 10.8 Å². The number of carbonyl (C=O) groups excluding carboxylic acids is 1. The minimum absolute atomic E-state index is 0.0770. The van der Waals surface area contributed by atoms with Crippen LogP contribution in [0.15, 0.2) is 42.5 Å². The minimum Gasteiger partial charge on any atom is -0.479 e. The smallest absolute Gasteiger partial charge is 0.265 e. The number of morpholine rings is 1. The van der Waals surface area contributed by atoms with E-state index in [4.69, 9.17) is 14.5 Å². The average molecular weight is 437 g/mol. The van der Waals surface area contributed by atoms with Crippen molar-refractivity contribution in [2.24, 2.45) is 5.92 Å². The number of amides is 1. The zero-order chi connectivity index (χ0) is 21.8. The van der Waals surface area contributed by atoms with Crippen molar-refractivity contribution in [3.05, 3.63) is 48.0 Å². The first kappa shape index (κ1) is 21.1. The first-order valence-corrected chi connectivity index (χ1v) is 11.1. The van der Waals surface area contributed by atoms with Crippen LogP contribution in [-0.2, 0) is 9.53 Å². The predicted molar refractivity (Wildman–Crippen MR) is 122 cm³/mol. The number of nitrogens with zero attached hydrogens (tertiary/aromatic N) is 3. The predicted octanol–water partition coefficient (Wildman–Crippen LogP) is 4.05. The van der Waals surface area contributed by atoms with Crippen molar-refractivity contribution in [1.82, 2.24) is 4.98 Å². The van der Waals surface area contributed by atoms with Gasteiger partial charge in [-0.1, -0.05) is 37.3 Å². The van der Waals surface area contributed by atoms with Gasteiger partial charge in [0.25, 0.3) is 5.91 Å². The standard InChI is InChI=1S/C23H24N4O3S/c1-15(2)21(30-19-6-4-3-5-16(19)14-24)22(28)25-17-7-8-18-20(13-17)31-23(26-18)27-9-11-29-12-10-27/h3-8,13,15,21H,9-12H2,1-2H3,(H,25,28). The second-order valence-corrected chi connectivity index (χ2v) is 8.67. The van der Waals surface area contributed by atoms with E-state index in [2.05, 4.69) is 16.3 Å². The molecule has 0 saturated carbocycles. The van der Waals surface area contributed by atoms with Gasteiger partial charge in [-0.3, -0.25) is 4.79 Å². The van der Waals surface area contributed by atoms with Gasteiger partial charge in [0.2, 0.25) is 0 Å². The van der Waals surface area contributed by atoms with E-state index in [1.807, 2.05) is 32.0 Å². The molecule has 1 aromatic heterocycles. The molecule has 1 atom stereocenters. The first-order chi connectivity index (χ1) is 15.0. The lowest BCUT2D eigenvalue weighted by molar-refractivity contribution is -0.124. The number of rotatable bonds is 6. The number of para-hydroxylation sites is 1. The molecule has 160 valence electrons. The average Bonchev–Trinajstić information content (AvgIpc) is 3.21. The molecule has 2 heterocycles. The van der Waals surface area contributed by atoms with Crippen LogP contribution >= 0.6 is 11.3 Å². The van der Waals surface area contributed by atoms with Crippen LogP contribution in [-0.4, -0.2) is 43.3 Å². The van der Waals surface area contributed by atoms with Gasteiger partial charge in [-0.25, -0.2) is 4.98 Å². The summed E-state index contributed by atoms with van der Waals surface area (Å²) in [6.07, 6.45) is -0.726. The maximum absolute atomic E-state index is 13.0. The van der Waals surface area contributed by atoms with Gasteiger partial charge in [0.1, 0.15) is 11.8 Å². The van der Waals surface area contributed by atoms with Crippen LogP contribution in [0.5, 0.6) is 5.75 Å². The number of nitrogens with one attached hydrogen (secondary N) is 1. The number of carbonyl (C=O) groups is 1. The summed E-state index contributed by atoms with van der Waals surface area (Å²) in [5.74, 6) is 0.0822. The molecule has 0 bridgehead atoms. The molecule has 1 aliphatic rings. The van der Waals surface area contributed by atoms with E-state index >= 15 is 0 Å². The fourth-order valence-corrected chi connectivity index (χ4v) is 4.44. The molecule has 3 aromatic rings. The summed E-state index contributed by atoms with van der Waals surface area (Å²) in [6.45, 7) is 6.92. The van der Waals surface area contributed by atoms with Gasteiger partial charge >= 0.3 is 0 Å². The summed E-state index contributed by atoms with van der Waals surface area (Å²) in [6, 6.07) is 14.8. The Labute approximate surface area is 185 Å². The van der Waals surface area contributed by atoms with Crippen LogP contribution in [0.25, 0.3) is 10.2 Å². The van der Waals surface area contributed by atoms with E-state index in [0.29, 0.717) is 30.2 Å². The van der Waals surface area contributed by atoms with Crippen LogP contribution < -0.4 is 15.0 Å². The molecular weight excluding hydrogens is 412 g/mol. The van der Waals surface area contributed by atoms with Gasteiger partial charge in [0.15, 0.2) is 11.2 Å². The molecule has 4 rings (SSSR count). The lowest BCUT2D eigenvalue weighted by atomic mass is 10.1. The molecule has 1 unspecified atom stereocenters. The van der Waals surface area contributed by atoms with Crippen LogP contribution in [0, 0.1) is 17.2 Å². The maximum atomic E-state index is 13.0. The zero-order valence-electron chi connectivity index (χ0n) is 17.5. The third kappa shape index (κ3) is 4.79. The van der Waals surface area contributed by atoms with Gasteiger partial charge in [-0.05, 0) is 36.2 Å². The monoisotopic (exact) mass is 436 g/mol. The molecule has 1 aliphatic heterocycles. The fourth-order valence-electron chi connectivity index (χ4n) is 3.38. The van der Waals surface area contributed by atoms with Crippen LogP contribution in [0.2, 0.25) is 0 Å². The topological polar surface area (TPSA) is 87.5 Å². The quantitative estimate of drug-likeness (QED) is 0.627. The summed E-state index contributed by atoms with van der Waals surface area (Å²) in [4.78, 5) is 19.9. The second kappa shape index (κ2) is 9.33. The van der Waals surface area contributed by atoms with Crippen molar-refractivity contribution in [3.8, 4) is 11.8 Å². The molecule has 1 amide bonds. The largest absolute Gasteiger partial charge is 0.479 e. The summed E-state index contributed by atoms with van der Waals surface area (Å²) in [5, 5.41) is 13.2. The number of nitriles is 1. The highest BCUT2D eigenvalue weighted by molar-refractivity contribution is 7.22. The van der Waals surface area contributed by atoms with Gasteiger partial charge in [-0.15, -0.1) is 0 Å². The highest BCUT2D eigenvalue weighted by atomic mass is 32.1. The Kier molecular flexibility index (Phi) is 6.35. The molecule has 0 aliphatic carbocycles. The van der Waals surface area contributed by atoms with Crippen molar-refractivity contribution in [2.75, 3.05) is 36.5 Å². The molecule has 8 heteroatoms. The van der Waals surface area contributed by atoms with Crippen molar-refractivity contribution < 1.29 is 14.3 Å². The molecule has 1 fully saturated rings. The molecule has 7 nitrogen and oxygen atoms in total. The summed E-state index contributed by atoms with van der Waals surface area (Å²) in [7, 11) is 0. The summed E-state index contributed by atoms with van der Waals surface area (Å²) < 4.78 is 12.4. The lowest BCUT2D eigenvalue weighted by Crippen LogP contribution is -2.37. The number of ether oxygens (including phenoxy) is 2. The Morgan fingerprint density at radius 2 is 2.03 bits per heavy atom. The SMILES string of the molecule is CC(C)C(Oc1ccccc1C#N)C(=O)Nc1ccc2nc(N3CCOCC3)sc2c1. The molecule has 1 N–H and O–H groups in total. The van der Waals surface area contributed by atoms with Crippen molar-refractivity contribution >= 4 is 38.3 Å². The second-order valence-electron chi connectivity index (χ2n) is 7.66. The molecular formula is C23H24N4O3S. The highest BCUT2D eigenvalue weighted by Gasteiger charge is 2.25. The van der Waals surface area contributed by atoms with E-state index in [9.17, 15) is 10.1 Å². The van der Waals surface area contributed by atoms with Crippen LogP contribution in [0.1, 0.15) is 19.4 Å². The molecule has 2 aromatic carbocycles. The van der Waals surface area contributed by atoms with E-state index in [1.165, 1.54) is 0 Å². The van der Waals surface area contributed by atoms with Gasteiger partial charge < -0.3 is 19.7 Å². The number of benzene rings is 2. The van der Waals surface area contributed by atoms with Gasteiger partial charge in [-0.2, -0.15) is 5.26 Å². The number of anilines is 2. The van der Waals surface area contributed by atoms with Crippen molar-refractivity contribution in [2.45, 2.75) is 20.0 Å². The third-order valence-corrected chi connectivity index (χ3v) is 6.13. The minimum atomic E-state index is -0.726. The number of hydrogen-bond donors (Lipinski definition) is 1. The Morgan fingerprint density at radius 3 is 2.77 bits per heavy atom. The van der Waals surface area contributed by atoms with Crippen LogP contribution in [0.3, 0.4) is 0 Å². The van der Waals surface area contributed by atoms with E-state index in [1.54, 1.807) is 35.6 Å². The van der Waals surface area contributed by atoms with Gasteiger partial charge in [0, 0.05) is 18.8 Å². The molecule has 31 heavy (non-hydrogen) atoms. The number of hydrogen-bond acceptors (Lipinski definition) is 7. The Bertz CT molecular complexity index is 1120. The number of fused-ring (bicyclic) bond motifs is 1. The van der Waals surface area contributed by atoms with E-state index in [-0.39, 0.29) is 11.8 Å². The van der Waals surface area contributed by atoms with Crippen molar-refractivity contribution in [3.63, 3.8) is 0 Å². The summed E-state index contributed by atoms with van der Waals surface area (Å²) >= 11 is 1.61. The third-order valence-electron chi connectivity index (χ3n) is 5.05. The molecule has 0 radical (unpaired) electrons. The number of thiazole rings is 1. The Balaban J connectivity index is 1.51.